The van der Waals surface area contributed by atoms with Crippen molar-refractivity contribution < 1.29 is 22.4 Å². The second-order valence-electron chi connectivity index (χ2n) is 11.3. The molecule has 0 amide bonds. The Bertz CT molecular complexity index is 1780. The summed E-state index contributed by atoms with van der Waals surface area (Å²) in [5.41, 5.74) is 11.7. The number of alkyl halides is 2. The lowest BCUT2D eigenvalue weighted by Crippen LogP contribution is -2.38. The number of aryl methyl sites for hydroxylation is 1. The highest BCUT2D eigenvalue weighted by Crippen LogP contribution is 2.37. The van der Waals surface area contributed by atoms with Gasteiger partial charge < -0.3 is 10.2 Å². The molecule has 1 aliphatic rings. The highest BCUT2D eigenvalue weighted by molar-refractivity contribution is 5.97. The van der Waals surface area contributed by atoms with Crippen LogP contribution in [-0.4, -0.2) is 34.7 Å². The number of aromatic nitrogens is 1. The minimum atomic E-state index is -2.56. The predicted octanol–water partition coefficient (Wildman–Crippen LogP) is 8.33. The van der Waals surface area contributed by atoms with E-state index in [4.69, 9.17) is 10.2 Å². The second-order valence-corrected chi connectivity index (χ2v) is 11.3. The molecule has 3 aromatic carbocycles. The molecular weight excluding hydrogens is 563 g/mol. The van der Waals surface area contributed by atoms with Crippen LogP contribution >= 0.6 is 0 Å². The number of carbonyl (C=O) groups is 1. The van der Waals surface area contributed by atoms with E-state index in [1.54, 1.807) is 36.5 Å². The molecule has 0 saturated carbocycles. The van der Waals surface area contributed by atoms with Crippen molar-refractivity contribution in [2.45, 2.75) is 38.2 Å². The summed E-state index contributed by atoms with van der Waals surface area (Å²) in [5, 5.41) is 0.881. The van der Waals surface area contributed by atoms with Gasteiger partial charge in [-0.2, -0.15) is 0 Å². The molecule has 0 atom stereocenters. The third-order valence-corrected chi connectivity index (χ3v) is 7.99. The van der Waals surface area contributed by atoms with Crippen LogP contribution in [0.25, 0.3) is 39.3 Å². The summed E-state index contributed by atoms with van der Waals surface area (Å²) in [5.74, 6) is -1.82. The molecule has 6 rings (SSSR count). The number of benzene rings is 3. The Morgan fingerprint density at radius 1 is 0.932 bits per heavy atom. The molecule has 5 nitrogen and oxygen atoms in total. The van der Waals surface area contributed by atoms with E-state index < -0.39 is 5.92 Å². The third kappa shape index (κ3) is 7.09. The summed E-state index contributed by atoms with van der Waals surface area (Å²) >= 11 is 0. The van der Waals surface area contributed by atoms with Gasteiger partial charge in [-0.3, -0.25) is 9.69 Å². The smallest absolute Gasteiger partial charge is 0.250 e. The van der Waals surface area contributed by atoms with Crippen LogP contribution in [0.2, 0.25) is 0 Å². The van der Waals surface area contributed by atoms with Crippen LogP contribution in [-0.2, 0) is 17.8 Å². The Morgan fingerprint density at radius 2 is 1.66 bits per heavy atom. The molecule has 0 aliphatic carbocycles. The minimum absolute atomic E-state index is 0.0416. The first-order valence-corrected chi connectivity index (χ1v) is 14.7. The molecule has 1 fully saturated rings. The van der Waals surface area contributed by atoms with Crippen molar-refractivity contribution in [3.8, 4) is 22.3 Å². The summed E-state index contributed by atoms with van der Waals surface area (Å²) in [6.45, 7) is 1.40. The monoisotopic (exact) mass is 595 g/mol. The standard InChI is InChI=1S/C36H32F3N3O2/c37-30-9-7-27(8-10-30)33-21-28(26-5-1-25(2-6-26)23-42-17-15-36(38,39)16-18-42)19-29-20-32(44-35(29)33)13-12-31(43)11-3-24-4-14-34(40)41-22-24/h1-11,14,19-22H,12-13,15-18,23H2,(H2,40,41)/b11-3+. The number of anilines is 1. The number of hydrogen-bond donors (Lipinski definition) is 1. The first kappa shape index (κ1) is 29.4. The fourth-order valence-corrected chi connectivity index (χ4v) is 5.47. The van der Waals surface area contributed by atoms with E-state index in [1.807, 2.05) is 42.5 Å². The Labute approximate surface area is 253 Å². The number of halogens is 3. The minimum Gasteiger partial charge on any atom is -0.460 e. The number of likely N-dealkylation sites (tertiary alicyclic amines) is 1. The van der Waals surface area contributed by atoms with Crippen molar-refractivity contribution in [2.75, 3.05) is 18.8 Å². The predicted molar refractivity (Wildman–Crippen MR) is 168 cm³/mol. The average molecular weight is 596 g/mol. The van der Waals surface area contributed by atoms with Crippen molar-refractivity contribution in [3.05, 3.63) is 114 Å². The van der Waals surface area contributed by atoms with E-state index in [2.05, 4.69) is 9.88 Å². The molecule has 0 unspecified atom stereocenters. The molecule has 3 heterocycles. The van der Waals surface area contributed by atoms with Gasteiger partial charge in [-0.15, -0.1) is 0 Å². The molecule has 1 saturated heterocycles. The van der Waals surface area contributed by atoms with Gasteiger partial charge in [-0.1, -0.05) is 36.4 Å². The van der Waals surface area contributed by atoms with E-state index in [1.165, 1.54) is 18.2 Å². The molecule has 44 heavy (non-hydrogen) atoms. The second kappa shape index (κ2) is 12.5. The first-order chi connectivity index (χ1) is 21.2. The van der Waals surface area contributed by atoms with Crippen molar-refractivity contribution in [1.29, 1.82) is 0 Å². The molecule has 2 aromatic heterocycles. The molecule has 0 radical (unpaired) electrons. The number of ketones is 1. The normalized spacial score (nSPS) is 15.2. The quantitative estimate of drug-likeness (QED) is 0.174. The van der Waals surface area contributed by atoms with Gasteiger partial charge in [0.15, 0.2) is 5.78 Å². The molecule has 224 valence electrons. The number of fused-ring (bicyclic) bond motifs is 1. The number of piperidine rings is 1. The lowest BCUT2D eigenvalue weighted by atomic mass is 9.96. The largest absolute Gasteiger partial charge is 0.460 e. The number of rotatable bonds is 9. The Hall–Kier alpha value is -4.69. The summed E-state index contributed by atoms with van der Waals surface area (Å²) in [6.07, 6.45) is 5.34. The zero-order valence-corrected chi connectivity index (χ0v) is 24.1. The van der Waals surface area contributed by atoms with Gasteiger partial charge in [-0.25, -0.2) is 18.2 Å². The molecule has 0 bridgehead atoms. The Balaban J connectivity index is 1.22. The van der Waals surface area contributed by atoms with Crippen LogP contribution in [0.4, 0.5) is 19.0 Å². The maximum absolute atomic E-state index is 13.8. The zero-order valence-electron chi connectivity index (χ0n) is 24.1. The van der Waals surface area contributed by atoms with Crippen molar-refractivity contribution in [3.63, 3.8) is 0 Å². The van der Waals surface area contributed by atoms with Crippen molar-refractivity contribution in [1.82, 2.24) is 9.88 Å². The maximum Gasteiger partial charge on any atom is 0.250 e. The summed E-state index contributed by atoms with van der Waals surface area (Å²) < 4.78 is 47.1. The van der Waals surface area contributed by atoms with E-state index in [9.17, 15) is 18.0 Å². The molecule has 1 aliphatic heterocycles. The fourth-order valence-electron chi connectivity index (χ4n) is 5.47. The molecule has 2 N–H and O–H groups in total. The van der Waals surface area contributed by atoms with Crippen molar-refractivity contribution in [2.24, 2.45) is 0 Å². The zero-order chi connectivity index (χ0) is 30.7. The fraction of sp³-hybridized carbons (Fsp3) is 0.222. The van der Waals surface area contributed by atoms with Gasteiger partial charge >= 0.3 is 0 Å². The van der Waals surface area contributed by atoms with E-state index in [-0.39, 0.29) is 30.9 Å². The number of pyridine rings is 1. The lowest BCUT2D eigenvalue weighted by molar-refractivity contribution is -0.114. The summed E-state index contributed by atoms with van der Waals surface area (Å²) in [7, 11) is 0. The number of hydrogen-bond acceptors (Lipinski definition) is 5. The SMILES string of the molecule is Nc1ccc(/C=C/C(=O)CCc2cc3cc(-c4ccc(CN5CCC(F)(F)CC5)cc4)cc(-c4ccc(F)cc4)c3o2)cn1. The van der Waals surface area contributed by atoms with Crippen LogP contribution in [0.5, 0.6) is 0 Å². The highest BCUT2D eigenvalue weighted by atomic mass is 19.3. The van der Waals surface area contributed by atoms with Gasteiger partial charge in [0.25, 0.3) is 5.92 Å². The topological polar surface area (TPSA) is 72.4 Å². The number of nitrogens with two attached hydrogens (primary N) is 1. The average Bonchev–Trinajstić information content (AvgIpc) is 3.44. The number of furan rings is 1. The van der Waals surface area contributed by atoms with Gasteiger partial charge in [0.2, 0.25) is 0 Å². The number of allylic oxidation sites excluding steroid dienone is 1. The molecule has 5 aromatic rings. The van der Waals surface area contributed by atoms with Gasteiger partial charge in [0, 0.05) is 62.5 Å². The first-order valence-electron chi connectivity index (χ1n) is 14.7. The van der Waals surface area contributed by atoms with Crippen LogP contribution in [0.15, 0.2) is 95.6 Å². The van der Waals surface area contributed by atoms with Crippen LogP contribution in [0, 0.1) is 5.82 Å². The lowest BCUT2D eigenvalue weighted by Gasteiger charge is -2.31. The van der Waals surface area contributed by atoms with Gasteiger partial charge in [0.1, 0.15) is 23.0 Å². The maximum atomic E-state index is 13.8. The van der Waals surface area contributed by atoms with Gasteiger partial charge in [0.05, 0.1) is 0 Å². The third-order valence-electron chi connectivity index (χ3n) is 7.99. The van der Waals surface area contributed by atoms with Crippen molar-refractivity contribution >= 4 is 28.6 Å². The molecular formula is C36H32F3N3O2. The van der Waals surface area contributed by atoms with Gasteiger partial charge in [-0.05, 0) is 82.4 Å². The van der Waals surface area contributed by atoms with Crippen LogP contribution in [0.1, 0.15) is 36.1 Å². The highest BCUT2D eigenvalue weighted by Gasteiger charge is 2.33. The number of nitrogen functional groups attached to an aromatic ring is 1. The van der Waals surface area contributed by atoms with Crippen LogP contribution in [0.3, 0.4) is 0 Å². The number of nitrogens with zero attached hydrogens (tertiary/aromatic N) is 2. The Morgan fingerprint density at radius 3 is 2.36 bits per heavy atom. The number of carbonyl (C=O) groups excluding carboxylic acids is 1. The summed E-state index contributed by atoms with van der Waals surface area (Å²) in [6, 6.07) is 23.9. The summed E-state index contributed by atoms with van der Waals surface area (Å²) in [4.78, 5) is 18.7. The van der Waals surface area contributed by atoms with E-state index >= 15 is 0 Å². The van der Waals surface area contributed by atoms with Crippen LogP contribution < -0.4 is 5.73 Å². The molecule has 8 heteroatoms. The van der Waals surface area contributed by atoms with E-state index in [0.29, 0.717) is 43.2 Å². The molecule has 0 spiro atoms. The van der Waals surface area contributed by atoms with E-state index in [0.717, 1.165) is 38.8 Å². The Kier molecular flexibility index (Phi) is 8.35.